The van der Waals surface area contributed by atoms with E-state index in [1.165, 1.54) is 30.6 Å². The summed E-state index contributed by atoms with van der Waals surface area (Å²) >= 11 is 0. The Bertz CT molecular complexity index is 372. The maximum atomic E-state index is 12.4. The van der Waals surface area contributed by atoms with Gasteiger partial charge >= 0.3 is 6.03 Å². The SMILES string of the molecule is C[C@@H]1CCC[C@@H](CCN2C(=O)[C@@H]3CCCCN3C2=O)C1. The van der Waals surface area contributed by atoms with Gasteiger partial charge in [0.1, 0.15) is 6.04 Å². The smallest absolute Gasteiger partial charge is 0.312 e. The summed E-state index contributed by atoms with van der Waals surface area (Å²) in [6.45, 7) is 3.73. The predicted molar refractivity (Wildman–Crippen MR) is 77.2 cm³/mol. The molecule has 0 aromatic carbocycles. The summed E-state index contributed by atoms with van der Waals surface area (Å²) in [6.07, 6.45) is 9.18. The molecule has 3 amide bonds. The molecule has 4 nitrogen and oxygen atoms in total. The molecule has 1 aliphatic carbocycles. The molecule has 4 heteroatoms. The van der Waals surface area contributed by atoms with Crippen LogP contribution < -0.4 is 0 Å². The van der Waals surface area contributed by atoms with Gasteiger partial charge in [0.05, 0.1) is 0 Å². The second-order valence-electron chi connectivity index (χ2n) is 6.90. The van der Waals surface area contributed by atoms with Crippen molar-refractivity contribution in [1.29, 1.82) is 0 Å². The number of hydrogen-bond donors (Lipinski definition) is 0. The van der Waals surface area contributed by atoms with Crippen molar-refractivity contribution in [2.24, 2.45) is 11.8 Å². The van der Waals surface area contributed by atoms with Crippen LogP contribution >= 0.6 is 0 Å². The van der Waals surface area contributed by atoms with Crippen molar-refractivity contribution >= 4 is 11.9 Å². The second kappa shape index (κ2) is 5.74. The Morgan fingerprint density at radius 1 is 1.10 bits per heavy atom. The van der Waals surface area contributed by atoms with Gasteiger partial charge in [0.25, 0.3) is 5.91 Å². The zero-order valence-electron chi connectivity index (χ0n) is 12.5. The lowest BCUT2D eigenvalue weighted by Gasteiger charge is -2.28. The van der Waals surface area contributed by atoms with E-state index in [4.69, 9.17) is 0 Å². The first-order valence-electron chi connectivity index (χ1n) is 8.29. The van der Waals surface area contributed by atoms with Crippen LogP contribution in [0.2, 0.25) is 0 Å². The molecule has 2 saturated heterocycles. The number of carbonyl (C=O) groups excluding carboxylic acids is 2. The van der Waals surface area contributed by atoms with Crippen LogP contribution in [0.5, 0.6) is 0 Å². The van der Waals surface area contributed by atoms with Gasteiger partial charge in [0.15, 0.2) is 0 Å². The maximum Gasteiger partial charge on any atom is 0.327 e. The number of hydrogen-bond acceptors (Lipinski definition) is 2. The van der Waals surface area contributed by atoms with Crippen molar-refractivity contribution in [3.05, 3.63) is 0 Å². The molecular weight excluding hydrogens is 252 g/mol. The highest BCUT2D eigenvalue weighted by atomic mass is 16.2. The first-order chi connectivity index (χ1) is 9.66. The topological polar surface area (TPSA) is 40.6 Å². The number of nitrogens with zero attached hydrogens (tertiary/aromatic N) is 2. The van der Waals surface area contributed by atoms with Crippen LogP contribution in [-0.2, 0) is 4.79 Å². The number of fused-ring (bicyclic) bond motifs is 1. The standard InChI is InChI=1S/C16H26N2O2/c1-12-5-4-6-13(11-12)8-10-18-15(19)14-7-2-3-9-17(14)16(18)20/h12-14H,2-11H2,1H3/t12-,13+,14+/m1/s1. The maximum absolute atomic E-state index is 12.4. The molecule has 20 heavy (non-hydrogen) atoms. The van der Waals surface area contributed by atoms with Crippen LogP contribution in [0.25, 0.3) is 0 Å². The fourth-order valence-electron chi connectivity index (χ4n) is 4.19. The summed E-state index contributed by atoms with van der Waals surface area (Å²) in [6, 6.07) is -0.162. The van der Waals surface area contributed by atoms with Gasteiger partial charge in [-0.3, -0.25) is 9.69 Å². The Labute approximate surface area is 121 Å². The third-order valence-corrected chi connectivity index (χ3v) is 5.34. The average molecular weight is 278 g/mol. The molecule has 0 bridgehead atoms. The quantitative estimate of drug-likeness (QED) is 0.745. The van der Waals surface area contributed by atoms with Crippen molar-refractivity contribution in [3.8, 4) is 0 Å². The molecule has 112 valence electrons. The molecule has 0 radical (unpaired) electrons. The molecule has 3 aliphatic rings. The Morgan fingerprint density at radius 3 is 2.70 bits per heavy atom. The van der Waals surface area contributed by atoms with Crippen molar-refractivity contribution < 1.29 is 9.59 Å². The molecule has 0 N–H and O–H groups in total. The Kier molecular flexibility index (Phi) is 3.99. The third kappa shape index (κ3) is 2.57. The summed E-state index contributed by atoms with van der Waals surface area (Å²) in [5.41, 5.74) is 0. The number of piperidine rings is 1. The van der Waals surface area contributed by atoms with Gasteiger partial charge < -0.3 is 4.90 Å². The lowest BCUT2D eigenvalue weighted by atomic mass is 9.81. The van der Waals surface area contributed by atoms with Crippen LogP contribution in [0.1, 0.15) is 58.3 Å². The third-order valence-electron chi connectivity index (χ3n) is 5.34. The Morgan fingerprint density at radius 2 is 1.95 bits per heavy atom. The fourth-order valence-corrected chi connectivity index (χ4v) is 4.19. The summed E-state index contributed by atoms with van der Waals surface area (Å²) in [4.78, 5) is 28.0. The Balaban J connectivity index is 1.57. The van der Waals surface area contributed by atoms with Crippen LogP contribution in [0.3, 0.4) is 0 Å². The largest absolute Gasteiger partial charge is 0.327 e. The number of rotatable bonds is 3. The zero-order chi connectivity index (χ0) is 14.1. The van der Waals surface area contributed by atoms with Gasteiger partial charge in [-0.15, -0.1) is 0 Å². The number of urea groups is 1. The molecule has 3 rings (SSSR count). The van der Waals surface area contributed by atoms with Crippen molar-refractivity contribution in [2.75, 3.05) is 13.1 Å². The first-order valence-corrected chi connectivity index (χ1v) is 8.29. The summed E-state index contributed by atoms with van der Waals surface area (Å²) in [5, 5.41) is 0. The zero-order valence-corrected chi connectivity index (χ0v) is 12.5. The van der Waals surface area contributed by atoms with Gasteiger partial charge in [0.2, 0.25) is 0 Å². The molecule has 2 aliphatic heterocycles. The molecule has 1 saturated carbocycles. The number of carbonyl (C=O) groups is 2. The lowest BCUT2D eigenvalue weighted by molar-refractivity contribution is -0.129. The highest BCUT2D eigenvalue weighted by molar-refractivity contribution is 6.04. The van der Waals surface area contributed by atoms with Crippen molar-refractivity contribution in [2.45, 2.75) is 64.3 Å². The van der Waals surface area contributed by atoms with E-state index >= 15 is 0 Å². The van der Waals surface area contributed by atoms with Crippen LogP contribution in [0.15, 0.2) is 0 Å². The summed E-state index contributed by atoms with van der Waals surface area (Å²) in [5.74, 6) is 1.58. The highest BCUT2D eigenvalue weighted by Gasteiger charge is 2.45. The molecule has 3 fully saturated rings. The van der Waals surface area contributed by atoms with E-state index in [9.17, 15) is 9.59 Å². The normalized spacial score (nSPS) is 34.5. The monoisotopic (exact) mass is 278 g/mol. The predicted octanol–water partition coefficient (Wildman–Crippen LogP) is 3.02. The Hall–Kier alpha value is -1.06. The average Bonchev–Trinajstić information content (AvgIpc) is 2.70. The van der Waals surface area contributed by atoms with E-state index < -0.39 is 0 Å². The molecule has 3 atom stereocenters. The van der Waals surface area contributed by atoms with Gasteiger partial charge in [0, 0.05) is 13.1 Å². The van der Waals surface area contributed by atoms with Crippen molar-refractivity contribution in [1.82, 2.24) is 9.80 Å². The fraction of sp³-hybridized carbons (Fsp3) is 0.875. The van der Waals surface area contributed by atoms with E-state index in [0.29, 0.717) is 12.5 Å². The first kappa shape index (κ1) is 13.9. The molecule has 0 spiro atoms. The van der Waals surface area contributed by atoms with E-state index in [-0.39, 0.29) is 18.0 Å². The minimum Gasteiger partial charge on any atom is -0.312 e. The van der Waals surface area contributed by atoms with Gasteiger partial charge in [-0.05, 0) is 43.9 Å². The van der Waals surface area contributed by atoms with Gasteiger partial charge in [-0.2, -0.15) is 0 Å². The second-order valence-corrected chi connectivity index (χ2v) is 6.90. The van der Waals surface area contributed by atoms with Crippen LogP contribution in [0.4, 0.5) is 4.79 Å². The number of amides is 3. The minimum absolute atomic E-state index is 0.0245. The number of imide groups is 1. The van der Waals surface area contributed by atoms with Gasteiger partial charge in [-0.1, -0.05) is 26.2 Å². The van der Waals surface area contributed by atoms with E-state index in [2.05, 4.69) is 6.92 Å². The molecule has 0 unspecified atom stereocenters. The van der Waals surface area contributed by atoms with E-state index in [1.807, 2.05) is 0 Å². The molecule has 2 heterocycles. The summed E-state index contributed by atoms with van der Waals surface area (Å²) < 4.78 is 0. The minimum atomic E-state index is -0.137. The molecular formula is C16H26N2O2. The van der Waals surface area contributed by atoms with Crippen LogP contribution in [-0.4, -0.2) is 40.9 Å². The van der Waals surface area contributed by atoms with E-state index in [1.54, 1.807) is 4.90 Å². The van der Waals surface area contributed by atoms with Gasteiger partial charge in [-0.25, -0.2) is 4.79 Å². The highest BCUT2D eigenvalue weighted by Crippen LogP contribution is 2.32. The lowest BCUT2D eigenvalue weighted by Crippen LogP contribution is -2.39. The molecule has 0 aromatic rings. The van der Waals surface area contributed by atoms with Crippen LogP contribution in [0, 0.1) is 11.8 Å². The van der Waals surface area contributed by atoms with Crippen molar-refractivity contribution in [3.63, 3.8) is 0 Å². The summed E-state index contributed by atoms with van der Waals surface area (Å²) in [7, 11) is 0. The van der Waals surface area contributed by atoms with E-state index in [0.717, 1.165) is 38.1 Å². The molecule has 0 aromatic heterocycles.